The second-order valence-electron chi connectivity index (χ2n) is 5.84. The molecule has 0 unspecified atom stereocenters. The van der Waals surface area contributed by atoms with Gasteiger partial charge in [-0.05, 0) is 29.8 Å². The van der Waals surface area contributed by atoms with E-state index in [1.54, 1.807) is 4.68 Å². The minimum Gasteiger partial charge on any atom is -0.295 e. The van der Waals surface area contributed by atoms with E-state index in [0.29, 0.717) is 0 Å². The molecule has 2 aromatic carbocycles. The van der Waals surface area contributed by atoms with Crippen LogP contribution in [0.2, 0.25) is 0 Å². The van der Waals surface area contributed by atoms with Crippen LogP contribution in [0.4, 0.5) is 16.3 Å². The number of hydrogen-bond acceptors (Lipinski definition) is 4. The van der Waals surface area contributed by atoms with Gasteiger partial charge in [0.05, 0.1) is 12.5 Å². The van der Waals surface area contributed by atoms with Crippen LogP contribution < -0.4 is 10.6 Å². The minimum absolute atomic E-state index is 0.0671. The molecule has 130 valence electrons. The molecule has 2 amide bonds. The Morgan fingerprint density at radius 2 is 1.88 bits per heavy atom. The monoisotopic (exact) mass is 351 g/mol. The molecule has 0 bridgehead atoms. The van der Waals surface area contributed by atoms with Crippen molar-refractivity contribution in [2.75, 3.05) is 10.6 Å². The summed E-state index contributed by atoms with van der Waals surface area (Å²) in [5, 5.41) is 9.53. The van der Waals surface area contributed by atoms with Crippen LogP contribution in [0.5, 0.6) is 0 Å². The van der Waals surface area contributed by atoms with Crippen molar-refractivity contribution in [1.82, 2.24) is 14.8 Å². The van der Waals surface area contributed by atoms with Crippen LogP contribution in [0, 0.1) is 5.82 Å². The number of rotatable bonds is 3. The standard InChI is InChI=1S/C18H14FN5O2/c19-13-8-6-12(7-9-13)16(26)21-17-22-18-20-15(25)10-14(24(18)23-17)11-4-2-1-3-5-11/h1-9,14H,10H2,(H2,20,21,22,23,25,26)/t14-/m1/s1. The Morgan fingerprint density at radius 1 is 1.15 bits per heavy atom. The van der Waals surface area contributed by atoms with Crippen molar-refractivity contribution in [2.45, 2.75) is 12.5 Å². The van der Waals surface area contributed by atoms with Gasteiger partial charge in [-0.3, -0.25) is 20.2 Å². The average Bonchev–Trinajstić information content (AvgIpc) is 3.04. The Hall–Kier alpha value is -3.55. The topological polar surface area (TPSA) is 88.9 Å². The minimum atomic E-state index is -0.462. The third-order valence-corrected chi connectivity index (χ3v) is 4.07. The molecule has 1 aliphatic heterocycles. The number of anilines is 2. The number of nitrogens with one attached hydrogen (secondary N) is 2. The number of carbonyl (C=O) groups is 2. The third kappa shape index (κ3) is 3.04. The lowest BCUT2D eigenvalue weighted by Gasteiger charge is -2.23. The number of benzene rings is 2. The summed E-state index contributed by atoms with van der Waals surface area (Å²) < 4.78 is 14.6. The van der Waals surface area contributed by atoms with Crippen LogP contribution in [-0.2, 0) is 4.79 Å². The van der Waals surface area contributed by atoms with Gasteiger partial charge >= 0.3 is 0 Å². The van der Waals surface area contributed by atoms with E-state index in [4.69, 9.17) is 0 Å². The molecule has 0 fully saturated rings. The maximum atomic E-state index is 13.0. The van der Waals surface area contributed by atoms with Crippen molar-refractivity contribution in [2.24, 2.45) is 0 Å². The summed E-state index contributed by atoms with van der Waals surface area (Å²) in [5.41, 5.74) is 1.20. The normalized spacial score (nSPS) is 15.9. The molecule has 2 heterocycles. The first-order valence-electron chi connectivity index (χ1n) is 7.98. The van der Waals surface area contributed by atoms with E-state index in [2.05, 4.69) is 20.7 Å². The Kier molecular flexibility index (Phi) is 3.92. The first kappa shape index (κ1) is 15.9. The molecule has 4 rings (SSSR count). The number of halogens is 1. The van der Waals surface area contributed by atoms with Gasteiger partial charge < -0.3 is 0 Å². The van der Waals surface area contributed by atoms with E-state index >= 15 is 0 Å². The van der Waals surface area contributed by atoms with Crippen LogP contribution in [0.25, 0.3) is 0 Å². The van der Waals surface area contributed by atoms with Crippen LogP contribution in [-0.4, -0.2) is 26.6 Å². The molecule has 1 aliphatic rings. The van der Waals surface area contributed by atoms with E-state index in [0.717, 1.165) is 5.56 Å². The fourth-order valence-corrected chi connectivity index (χ4v) is 2.83. The van der Waals surface area contributed by atoms with E-state index in [1.165, 1.54) is 24.3 Å². The van der Waals surface area contributed by atoms with Crippen molar-refractivity contribution in [3.63, 3.8) is 0 Å². The molecule has 1 atom stereocenters. The highest BCUT2D eigenvalue weighted by molar-refractivity contribution is 6.03. The highest BCUT2D eigenvalue weighted by Crippen LogP contribution is 2.29. The zero-order valence-electron chi connectivity index (χ0n) is 13.5. The molecule has 1 aromatic heterocycles. The molecule has 3 aromatic rings. The SMILES string of the molecule is O=C1C[C@H](c2ccccc2)n2nc(NC(=O)c3ccc(F)cc3)nc2N1. The van der Waals surface area contributed by atoms with Gasteiger partial charge in [-0.2, -0.15) is 4.98 Å². The van der Waals surface area contributed by atoms with E-state index in [-0.39, 0.29) is 35.8 Å². The van der Waals surface area contributed by atoms with E-state index < -0.39 is 11.7 Å². The second-order valence-corrected chi connectivity index (χ2v) is 5.84. The van der Waals surface area contributed by atoms with Gasteiger partial charge in [0.1, 0.15) is 5.82 Å². The molecule has 7 nitrogen and oxygen atoms in total. The van der Waals surface area contributed by atoms with Gasteiger partial charge in [0.25, 0.3) is 11.9 Å². The second kappa shape index (κ2) is 6.40. The quantitative estimate of drug-likeness (QED) is 0.759. The van der Waals surface area contributed by atoms with Crippen LogP contribution in [0.15, 0.2) is 54.6 Å². The summed E-state index contributed by atoms with van der Waals surface area (Å²) in [6.07, 6.45) is 0.228. The first-order valence-corrected chi connectivity index (χ1v) is 7.98. The molecule has 0 saturated heterocycles. The number of aromatic nitrogens is 3. The molecule has 0 radical (unpaired) electrons. The summed E-state index contributed by atoms with van der Waals surface area (Å²) in [6.45, 7) is 0. The number of carbonyl (C=O) groups excluding carboxylic acids is 2. The lowest BCUT2D eigenvalue weighted by Crippen LogP contribution is -2.29. The number of amides is 2. The summed E-state index contributed by atoms with van der Waals surface area (Å²) in [4.78, 5) is 28.4. The molecule has 0 spiro atoms. The van der Waals surface area contributed by atoms with Crippen LogP contribution in [0.1, 0.15) is 28.4 Å². The molecule has 0 aliphatic carbocycles. The molecule has 8 heteroatoms. The predicted octanol–water partition coefficient (Wildman–Crippen LogP) is 2.60. The zero-order valence-corrected chi connectivity index (χ0v) is 13.5. The lowest BCUT2D eigenvalue weighted by molar-refractivity contribution is -0.117. The van der Waals surface area contributed by atoms with Gasteiger partial charge in [0, 0.05) is 5.56 Å². The zero-order chi connectivity index (χ0) is 18.1. The van der Waals surface area contributed by atoms with Crippen LogP contribution >= 0.6 is 0 Å². The molecular formula is C18H14FN5O2. The van der Waals surface area contributed by atoms with Gasteiger partial charge in [0.2, 0.25) is 11.9 Å². The van der Waals surface area contributed by atoms with Crippen molar-refractivity contribution in [1.29, 1.82) is 0 Å². The smallest absolute Gasteiger partial charge is 0.258 e. The maximum absolute atomic E-state index is 13.0. The summed E-state index contributed by atoms with van der Waals surface area (Å²) in [5.74, 6) is -0.724. The fourth-order valence-electron chi connectivity index (χ4n) is 2.83. The van der Waals surface area contributed by atoms with Crippen molar-refractivity contribution < 1.29 is 14.0 Å². The Bertz CT molecular complexity index is 969. The Labute approximate surface area is 147 Å². The van der Waals surface area contributed by atoms with E-state index in [1.807, 2.05) is 30.3 Å². The predicted molar refractivity (Wildman–Crippen MR) is 92.2 cm³/mol. The number of hydrogen-bond donors (Lipinski definition) is 2. The van der Waals surface area contributed by atoms with Gasteiger partial charge in [0.15, 0.2) is 0 Å². The summed E-state index contributed by atoms with van der Waals surface area (Å²) in [6, 6.07) is 14.3. The van der Waals surface area contributed by atoms with Gasteiger partial charge in [-0.15, -0.1) is 5.10 Å². The third-order valence-electron chi connectivity index (χ3n) is 4.07. The highest BCUT2D eigenvalue weighted by Gasteiger charge is 2.29. The molecule has 26 heavy (non-hydrogen) atoms. The first-order chi connectivity index (χ1) is 12.6. The van der Waals surface area contributed by atoms with Gasteiger partial charge in [-0.25, -0.2) is 9.07 Å². The van der Waals surface area contributed by atoms with Crippen molar-refractivity contribution >= 4 is 23.7 Å². The maximum Gasteiger partial charge on any atom is 0.258 e. The largest absolute Gasteiger partial charge is 0.295 e. The molecular weight excluding hydrogens is 337 g/mol. The molecule has 0 saturated carbocycles. The van der Waals surface area contributed by atoms with E-state index in [9.17, 15) is 14.0 Å². The molecule has 2 N–H and O–H groups in total. The van der Waals surface area contributed by atoms with Crippen molar-refractivity contribution in [3.8, 4) is 0 Å². The lowest BCUT2D eigenvalue weighted by atomic mass is 10.0. The Morgan fingerprint density at radius 3 is 2.62 bits per heavy atom. The highest BCUT2D eigenvalue weighted by atomic mass is 19.1. The van der Waals surface area contributed by atoms with Crippen LogP contribution in [0.3, 0.4) is 0 Å². The fraction of sp³-hybridized carbons (Fsp3) is 0.111. The number of nitrogens with zero attached hydrogens (tertiary/aromatic N) is 3. The summed E-state index contributed by atoms with van der Waals surface area (Å²) >= 11 is 0. The average molecular weight is 351 g/mol. The summed E-state index contributed by atoms with van der Waals surface area (Å²) in [7, 11) is 0. The van der Waals surface area contributed by atoms with Gasteiger partial charge in [-0.1, -0.05) is 30.3 Å². The van der Waals surface area contributed by atoms with Crippen molar-refractivity contribution in [3.05, 3.63) is 71.5 Å². The number of fused-ring (bicyclic) bond motifs is 1. The Balaban J connectivity index is 1.61.